The summed E-state index contributed by atoms with van der Waals surface area (Å²) in [5, 5.41) is 5.09. The summed E-state index contributed by atoms with van der Waals surface area (Å²) in [6, 6.07) is 7.65. The highest BCUT2D eigenvalue weighted by Crippen LogP contribution is 2.28. The van der Waals surface area contributed by atoms with Gasteiger partial charge in [0.05, 0.1) is 0 Å². The molecule has 3 rings (SSSR count). The lowest BCUT2D eigenvalue weighted by Crippen LogP contribution is -2.39. The first-order valence-electron chi connectivity index (χ1n) is 7.21. The average Bonchev–Trinajstić information content (AvgIpc) is 3.22. The zero-order chi connectivity index (χ0) is 15.5. The summed E-state index contributed by atoms with van der Waals surface area (Å²) in [5.74, 6) is -0.279. The Balaban J connectivity index is 1.72. The Morgan fingerprint density at radius 1 is 1.36 bits per heavy atom. The third kappa shape index (κ3) is 3.33. The fourth-order valence-electron chi connectivity index (χ4n) is 2.32. The molecule has 1 aromatic carbocycles. The van der Waals surface area contributed by atoms with E-state index in [1.807, 2.05) is 31.2 Å². The first-order valence-corrected chi connectivity index (χ1v) is 8.09. The van der Waals surface area contributed by atoms with Gasteiger partial charge in [0, 0.05) is 23.2 Å². The molecular weight excluding hydrogens is 298 g/mol. The van der Waals surface area contributed by atoms with E-state index in [4.69, 9.17) is 0 Å². The van der Waals surface area contributed by atoms with Crippen molar-refractivity contribution >= 4 is 28.3 Å². The third-order valence-electron chi connectivity index (χ3n) is 3.62. The van der Waals surface area contributed by atoms with E-state index in [-0.39, 0.29) is 24.4 Å². The number of hydrogen-bond donors (Lipinski definition) is 1. The maximum Gasteiger partial charge on any atom is 0.254 e. The molecule has 1 heterocycles. The Bertz CT molecular complexity index is 680. The summed E-state index contributed by atoms with van der Waals surface area (Å²) in [6.45, 7) is 1.98. The van der Waals surface area contributed by atoms with Crippen LogP contribution in [0.15, 0.2) is 35.8 Å². The summed E-state index contributed by atoms with van der Waals surface area (Å²) in [7, 11) is 0. The van der Waals surface area contributed by atoms with Gasteiger partial charge in [-0.2, -0.15) is 0 Å². The second kappa shape index (κ2) is 6.27. The molecule has 0 saturated heterocycles. The topological polar surface area (TPSA) is 62.3 Å². The van der Waals surface area contributed by atoms with Crippen LogP contribution in [0.1, 0.15) is 28.8 Å². The number of amides is 2. The van der Waals surface area contributed by atoms with E-state index in [1.54, 1.807) is 16.5 Å². The minimum atomic E-state index is -0.205. The van der Waals surface area contributed by atoms with E-state index in [0.29, 0.717) is 10.7 Å². The largest absolute Gasteiger partial charge is 0.326 e. The Kier molecular flexibility index (Phi) is 4.20. The molecule has 1 fully saturated rings. The highest BCUT2D eigenvalue weighted by molar-refractivity contribution is 7.13. The van der Waals surface area contributed by atoms with Crippen LogP contribution in [0.3, 0.4) is 0 Å². The maximum atomic E-state index is 12.7. The van der Waals surface area contributed by atoms with Crippen molar-refractivity contribution < 1.29 is 9.59 Å². The van der Waals surface area contributed by atoms with Gasteiger partial charge in [-0.05, 0) is 31.4 Å². The highest BCUT2D eigenvalue weighted by Gasteiger charge is 2.34. The molecule has 1 saturated carbocycles. The quantitative estimate of drug-likeness (QED) is 0.923. The smallest absolute Gasteiger partial charge is 0.254 e. The van der Waals surface area contributed by atoms with E-state index in [2.05, 4.69) is 10.3 Å². The second-order valence-electron chi connectivity index (χ2n) is 5.36. The van der Waals surface area contributed by atoms with E-state index >= 15 is 0 Å². The minimum Gasteiger partial charge on any atom is -0.326 e. The van der Waals surface area contributed by atoms with Gasteiger partial charge in [0.15, 0.2) is 5.13 Å². The summed E-state index contributed by atoms with van der Waals surface area (Å²) < 4.78 is 0. The van der Waals surface area contributed by atoms with Gasteiger partial charge in [-0.25, -0.2) is 4.98 Å². The molecule has 1 aliphatic rings. The van der Waals surface area contributed by atoms with Crippen molar-refractivity contribution in [3.05, 3.63) is 47.0 Å². The molecule has 114 valence electrons. The van der Waals surface area contributed by atoms with Crippen LogP contribution in [0.5, 0.6) is 0 Å². The van der Waals surface area contributed by atoms with Gasteiger partial charge in [0.25, 0.3) is 5.91 Å². The van der Waals surface area contributed by atoms with Crippen molar-refractivity contribution in [3.8, 4) is 0 Å². The van der Waals surface area contributed by atoms with E-state index in [9.17, 15) is 9.59 Å². The Morgan fingerprint density at radius 3 is 2.77 bits per heavy atom. The zero-order valence-electron chi connectivity index (χ0n) is 12.3. The molecule has 1 aliphatic carbocycles. The summed E-state index contributed by atoms with van der Waals surface area (Å²) in [4.78, 5) is 30.5. The lowest BCUT2D eigenvalue weighted by atomic mass is 10.1. The van der Waals surface area contributed by atoms with Crippen LogP contribution in [0, 0.1) is 6.92 Å². The Hall–Kier alpha value is -2.21. The monoisotopic (exact) mass is 315 g/mol. The molecular formula is C16H17N3O2S. The molecule has 0 bridgehead atoms. The number of nitrogens with zero attached hydrogens (tertiary/aromatic N) is 2. The van der Waals surface area contributed by atoms with Gasteiger partial charge in [-0.1, -0.05) is 18.2 Å². The average molecular weight is 315 g/mol. The molecule has 0 spiro atoms. The van der Waals surface area contributed by atoms with Crippen LogP contribution in [-0.4, -0.2) is 34.3 Å². The van der Waals surface area contributed by atoms with Crippen molar-refractivity contribution in [2.24, 2.45) is 0 Å². The molecule has 1 N–H and O–H groups in total. The normalized spacial score (nSPS) is 13.7. The number of aryl methyl sites for hydroxylation is 1. The number of hydrogen-bond acceptors (Lipinski definition) is 4. The SMILES string of the molecule is Cc1ccccc1C(=O)N(CC(=O)Nc1nccs1)C1CC1. The summed E-state index contributed by atoms with van der Waals surface area (Å²) >= 11 is 1.36. The van der Waals surface area contributed by atoms with Crippen molar-refractivity contribution in [3.63, 3.8) is 0 Å². The molecule has 2 amide bonds. The predicted molar refractivity (Wildman–Crippen MR) is 86.0 cm³/mol. The van der Waals surface area contributed by atoms with Crippen LogP contribution in [0.2, 0.25) is 0 Å². The van der Waals surface area contributed by atoms with Crippen molar-refractivity contribution in [1.82, 2.24) is 9.88 Å². The van der Waals surface area contributed by atoms with Gasteiger partial charge in [-0.15, -0.1) is 11.3 Å². The number of benzene rings is 1. The first kappa shape index (κ1) is 14.7. The number of rotatable bonds is 5. The Morgan fingerprint density at radius 2 is 2.14 bits per heavy atom. The fraction of sp³-hybridized carbons (Fsp3) is 0.312. The molecule has 0 radical (unpaired) electrons. The molecule has 6 heteroatoms. The number of thiazole rings is 1. The van der Waals surface area contributed by atoms with Crippen LogP contribution >= 0.6 is 11.3 Å². The van der Waals surface area contributed by atoms with Gasteiger partial charge in [-0.3, -0.25) is 9.59 Å². The molecule has 1 aromatic heterocycles. The van der Waals surface area contributed by atoms with E-state index in [0.717, 1.165) is 18.4 Å². The molecule has 22 heavy (non-hydrogen) atoms. The molecule has 5 nitrogen and oxygen atoms in total. The standard InChI is InChI=1S/C16H17N3O2S/c1-11-4-2-3-5-13(11)15(21)19(12-6-7-12)10-14(20)18-16-17-8-9-22-16/h2-5,8-9,12H,6-7,10H2,1H3,(H,17,18,20). The number of nitrogens with one attached hydrogen (secondary N) is 1. The third-order valence-corrected chi connectivity index (χ3v) is 4.31. The van der Waals surface area contributed by atoms with Crippen LogP contribution in [0.25, 0.3) is 0 Å². The van der Waals surface area contributed by atoms with Crippen molar-refractivity contribution in [2.45, 2.75) is 25.8 Å². The van der Waals surface area contributed by atoms with Crippen molar-refractivity contribution in [1.29, 1.82) is 0 Å². The summed E-state index contributed by atoms with van der Waals surface area (Å²) in [5.41, 5.74) is 1.59. The fourth-order valence-corrected chi connectivity index (χ4v) is 2.86. The zero-order valence-corrected chi connectivity index (χ0v) is 13.1. The van der Waals surface area contributed by atoms with E-state index in [1.165, 1.54) is 11.3 Å². The second-order valence-corrected chi connectivity index (χ2v) is 6.26. The number of aromatic nitrogens is 1. The van der Waals surface area contributed by atoms with Gasteiger partial charge < -0.3 is 10.2 Å². The van der Waals surface area contributed by atoms with Crippen LogP contribution < -0.4 is 5.32 Å². The van der Waals surface area contributed by atoms with Gasteiger partial charge in [0.2, 0.25) is 5.91 Å². The number of carbonyl (C=O) groups is 2. The maximum absolute atomic E-state index is 12.7. The molecule has 0 aliphatic heterocycles. The highest BCUT2D eigenvalue weighted by atomic mass is 32.1. The molecule has 0 atom stereocenters. The molecule has 2 aromatic rings. The van der Waals surface area contributed by atoms with E-state index < -0.39 is 0 Å². The van der Waals surface area contributed by atoms with Crippen LogP contribution in [-0.2, 0) is 4.79 Å². The minimum absolute atomic E-state index is 0.0669. The lowest BCUT2D eigenvalue weighted by molar-refractivity contribution is -0.117. The summed E-state index contributed by atoms with van der Waals surface area (Å²) in [6.07, 6.45) is 3.56. The molecule has 0 unspecified atom stereocenters. The predicted octanol–water partition coefficient (Wildman–Crippen LogP) is 2.69. The lowest BCUT2D eigenvalue weighted by Gasteiger charge is -2.22. The van der Waals surface area contributed by atoms with Crippen molar-refractivity contribution in [2.75, 3.05) is 11.9 Å². The first-order chi connectivity index (χ1) is 10.6. The number of anilines is 1. The van der Waals surface area contributed by atoms with Gasteiger partial charge in [0.1, 0.15) is 6.54 Å². The van der Waals surface area contributed by atoms with Crippen LogP contribution in [0.4, 0.5) is 5.13 Å². The number of carbonyl (C=O) groups excluding carboxylic acids is 2. The Labute approximate surface area is 133 Å². The van der Waals surface area contributed by atoms with Gasteiger partial charge >= 0.3 is 0 Å².